The quantitative estimate of drug-likeness (QED) is 0.532. The van der Waals surface area contributed by atoms with Crippen molar-refractivity contribution in [3.63, 3.8) is 0 Å². The van der Waals surface area contributed by atoms with Gasteiger partial charge < -0.3 is 14.2 Å². The van der Waals surface area contributed by atoms with Gasteiger partial charge in [-0.25, -0.2) is 0 Å². The Bertz CT molecular complexity index is 904. The van der Waals surface area contributed by atoms with E-state index in [-0.39, 0.29) is 6.61 Å². The fourth-order valence-electron chi connectivity index (χ4n) is 2.48. The highest BCUT2D eigenvalue weighted by atomic mass is 35.5. The summed E-state index contributed by atoms with van der Waals surface area (Å²) in [5.41, 5.74) is 7.03. The van der Waals surface area contributed by atoms with Crippen molar-refractivity contribution in [1.82, 2.24) is 10.9 Å². The summed E-state index contributed by atoms with van der Waals surface area (Å²) in [6, 6.07) is 8.72. The van der Waals surface area contributed by atoms with Gasteiger partial charge in [0.25, 0.3) is 11.8 Å². The summed E-state index contributed by atoms with van der Waals surface area (Å²) in [6.07, 6.45) is 2.87. The summed E-state index contributed by atoms with van der Waals surface area (Å²) >= 11 is 6.10. The number of rotatable bonds is 7. The lowest BCUT2D eigenvalue weighted by atomic mass is 10.1. The summed E-state index contributed by atoms with van der Waals surface area (Å²) in [7, 11) is 3.07. The number of carbonyl (C=O) groups excluding carboxylic acids is 2. The first-order chi connectivity index (χ1) is 13.8. The van der Waals surface area contributed by atoms with E-state index in [2.05, 4.69) is 10.9 Å². The second-order valence-electron chi connectivity index (χ2n) is 6.14. The Morgan fingerprint density at radius 3 is 2.28 bits per heavy atom. The lowest BCUT2D eigenvalue weighted by Gasteiger charge is -2.10. The van der Waals surface area contributed by atoms with Crippen molar-refractivity contribution in [3.8, 4) is 17.2 Å². The second kappa shape index (κ2) is 10.4. The number of ether oxygens (including phenoxy) is 3. The van der Waals surface area contributed by atoms with E-state index in [9.17, 15) is 9.59 Å². The first kappa shape index (κ1) is 22.1. The SMILES string of the molecule is COc1ccc(/C=C/C(=O)NNC(=O)COc2cc(C)c(Cl)c(C)c2)cc1OC. The first-order valence-electron chi connectivity index (χ1n) is 8.72. The third-order valence-electron chi connectivity index (χ3n) is 3.94. The van der Waals surface area contributed by atoms with Gasteiger partial charge in [-0.3, -0.25) is 20.4 Å². The third-order valence-corrected chi connectivity index (χ3v) is 4.54. The van der Waals surface area contributed by atoms with Gasteiger partial charge in [0, 0.05) is 11.1 Å². The summed E-state index contributed by atoms with van der Waals surface area (Å²) in [6.45, 7) is 3.46. The molecule has 2 rings (SSSR count). The van der Waals surface area contributed by atoms with Crippen LogP contribution in [-0.4, -0.2) is 32.6 Å². The molecule has 154 valence electrons. The minimum absolute atomic E-state index is 0.250. The number of amides is 2. The average Bonchev–Trinajstić information content (AvgIpc) is 2.72. The second-order valence-corrected chi connectivity index (χ2v) is 6.52. The highest BCUT2D eigenvalue weighted by Crippen LogP contribution is 2.28. The van der Waals surface area contributed by atoms with Crippen LogP contribution in [-0.2, 0) is 9.59 Å². The number of carbonyl (C=O) groups is 2. The molecule has 0 aromatic heterocycles. The number of hydrogen-bond acceptors (Lipinski definition) is 5. The van der Waals surface area contributed by atoms with E-state index in [1.165, 1.54) is 13.2 Å². The number of methoxy groups -OCH3 is 2. The Morgan fingerprint density at radius 2 is 1.66 bits per heavy atom. The lowest BCUT2D eigenvalue weighted by Crippen LogP contribution is -2.43. The molecule has 2 aromatic carbocycles. The first-order valence-corrected chi connectivity index (χ1v) is 9.10. The maximum absolute atomic E-state index is 11.9. The van der Waals surface area contributed by atoms with Gasteiger partial charge in [0.05, 0.1) is 14.2 Å². The van der Waals surface area contributed by atoms with Crippen LogP contribution in [0, 0.1) is 13.8 Å². The van der Waals surface area contributed by atoms with Crippen molar-refractivity contribution >= 4 is 29.5 Å². The molecule has 0 aliphatic heterocycles. The van der Waals surface area contributed by atoms with Crippen molar-refractivity contribution in [2.45, 2.75) is 13.8 Å². The molecule has 0 unspecified atom stereocenters. The van der Waals surface area contributed by atoms with Crippen molar-refractivity contribution in [3.05, 3.63) is 58.1 Å². The minimum atomic E-state index is -0.497. The van der Waals surface area contributed by atoms with Gasteiger partial charge in [0.15, 0.2) is 18.1 Å². The minimum Gasteiger partial charge on any atom is -0.493 e. The van der Waals surface area contributed by atoms with E-state index >= 15 is 0 Å². The zero-order valence-corrected chi connectivity index (χ0v) is 17.4. The summed E-state index contributed by atoms with van der Waals surface area (Å²) < 4.78 is 15.8. The molecule has 0 radical (unpaired) electrons. The van der Waals surface area contributed by atoms with Gasteiger partial charge in [-0.1, -0.05) is 17.7 Å². The largest absolute Gasteiger partial charge is 0.493 e. The van der Waals surface area contributed by atoms with E-state index in [1.807, 2.05) is 13.8 Å². The Kier molecular flexibility index (Phi) is 7.91. The normalized spacial score (nSPS) is 10.5. The number of hydrogen-bond donors (Lipinski definition) is 2. The number of nitrogens with one attached hydrogen (secondary N) is 2. The van der Waals surface area contributed by atoms with Gasteiger partial charge in [-0.05, 0) is 60.9 Å². The van der Waals surface area contributed by atoms with Crippen LogP contribution in [0.2, 0.25) is 5.02 Å². The number of aryl methyl sites for hydroxylation is 2. The molecule has 0 aliphatic rings. The highest BCUT2D eigenvalue weighted by Gasteiger charge is 2.07. The molecular weight excluding hydrogens is 396 g/mol. The van der Waals surface area contributed by atoms with Gasteiger partial charge in [0.2, 0.25) is 0 Å². The Balaban J connectivity index is 1.82. The molecule has 29 heavy (non-hydrogen) atoms. The number of hydrazine groups is 1. The fourth-order valence-corrected chi connectivity index (χ4v) is 2.58. The van der Waals surface area contributed by atoms with Gasteiger partial charge >= 0.3 is 0 Å². The van der Waals surface area contributed by atoms with Gasteiger partial charge in [-0.2, -0.15) is 0 Å². The topological polar surface area (TPSA) is 85.9 Å². The maximum atomic E-state index is 11.9. The van der Waals surface area contributed by atoms with Crippen LogP contribution in [0.4, 0.5) is 0 Å². The average molecular weight is 419 g/mol. The standard InChI is InChI=1S/C21H23ClN2O5/c1-13-9-16(10-14(2)21(13)22)29-12-20(26)24-23-19(25)8-6-15-5-7-17(27-3)18(11-15)28-4/h5-11H,12H2,1-4H3,(H,23,25)(H,24,26)/b8-6+. The van der Waals surface area contributed by atoms with Crippen LogP contribution in [0.5, 0.6) is 17.2 Å². The van der Waals surface area contributed by atoms with Crippen LogP contribution in [0.1, 0.15) is 16.7 Å². The molecule has 0 saturated carbocycles. The van der Waals surface area contributed by atoms with E-state index in [1.54, 1.807) is 43.5 Å². The van der Waals surface area contributed by atoms with Crippen molar-refractivity contribution in [2.75, 3.05) is 20.8 Å². The summed E-state index contributed by atoms with van der Waals surface area (Å²) in [5, 5.41) is 0.662. The van der Waals surface area contributed by atoms with E-state index in [4.69, 9.17) is 25.8 Å². The molecule has 0 spiro atoms. The Labute approximate surface area is 174 Å². The van der Waals surface area contributed by atoms with E-state index in [0.717, 1.165) is 16.7 Å². The molecule has 0 bridgehead atoms. The third kappa shape index (κ3) is 6.43. The molecule has 0 aliphatic carbocycles. The highest BCUT2D eigenvalue weighted by molar-refractivity contribution is 6.32. The monoisotopic (exact) mass is 418 g/mol. The molecule has 0 atom stereocenters. The van der Waals surface area contributed by atoms with Crippen LogP contribution in [0.25, 0.3) is 6.08 Å². The lowest BCUT2D eigenvalue weighted by molar-refractivity contribution is -0.128. The molecule has 0 heterocycles. The molecule has 0 saturated heterocycles. The molecule has 2 aromatic rings. The van der Waals surface area contributed by atoms with Crippen molar-refractivity contribution in [1.29, 1.82) is 0 Å². The number of halogens is 1. The van der Waals surface area contributed by atoms with Crippen LogP contribution >= 0.6 is 11.6 Å². The molecule has 8 heteroatoms. The van der Waals surface area contributed by atoms with Crippen LogP contribution in [0.3, 0.4) is 0 Å². The van der Waals surface area contributed by atoms with E-state index < -0.39 is 11.8 Å². The molecule has 2 amide bonds. The fraction of sp³-hybridized carbons (Fsp3) is 0.238. The predicted octanol–water partition coefficient (Wildman–Crippen LogP) is 3.21. The molecule has 7 nitrogen and oxygen atoms in total. The van der Waals surface area contributed by atoms with Crippen molar-refractivity contribution in [2.24, 2.45) is 0 Å². The van der Waals surface area contributed by atoms with Gasteiger partial charge in [0.1, 0.15) is 5.75 Å². The van der Waals surface area contributed by atoms with Crippen LogP contribution in [0.15, 0.2) is 36.4 Å². The predicted molar refractivity (Wildman–Crippen MR) is 111 cm³/mol. The van der Waals surface area contributed by atoms with E-state index in [0.29, 0.717) is 22.3 Å². The zero-order chi connectivity index (χ0) is 21.4. The molecule has 0 fully saturated rings. The molecule has 2 N–H and O–H groups in total. The zero-order valence-electron chi connectivity index (χ0n) is 16.7. The maximum Gasteiger partial charge on any atom is 0.276 e. The number of benzene rings is 2. The van der Waals surface area contributed by atoms with Gasteiger partial charge in [-0.15, -0.1) is 0 Å². The van der Waals surface area contributed by atoms with Crippen molar-refractivity contribution < 1.29 is 23.8 Å². The summed E-state index contributed by atoms with van der Waals surface area (Å²) in [5.74, 6) is 0.675. The Morgan fingerprint density at radius 1 is 1.00 bits per heavy atom. The summed E-state index contributed by atoms with van der Waals surface area (Å²) in [4.78, 5) is 23.7. The smallest absolute Gasteiger partial charge is 0.276 e. The Hall–Kier alpha value is -3.19. The molecular formula is C21H23ClN2O5. The van der Waals surface area contributed by atoms with Crippen LogP contribution < -0.4 is 25.1 Å².